The van der Waals surface area contributed by atoms with Gasteiger partial charge in [0.05, 0.1) is 6.61 Å². The van der Waals surface area contributed by atoms with Crippen molar-refractivity contribution in [2.45, 2.75) is 6.92 Å². The first-order valence-electron chi connectivity index (χ1n) is 7.35. The zero-order valence-corrected chi connectivity index (χ0v) is 14.3. The highest BCUT2D eigenvalue weighted by Crippen LogP contribution is 2.25. The van der Waals surface area contributed by atoms with E-state index < -0.39 is 0 Å². The molecular weight excluding hydrogens is 339 g/mol. The van der Waals surface area contributed by atoms with Gasteiger partial charge < -0.3 is 14.5 Å². The minimum Gasteiger partial charge on any atom is -0.450 e. The van der Waals surface area contributed by atoms with Crippen molar-refractivity contribution < 1.29 is 14.3 Å². The summed E-state index contributed by atoms with van der Waals surface area (Å²) in [6.07, 6.45) is 2.73. The molecular formula is C16H18Cl2N2O3. The second-order valence-electron chi connectivity index (χ2n) is 4.98. The van der Waals surface area contributed by atoms with Crippen LogP contribution in [0.5, 0.6) is 0 Å². The molecule has 1 heterocycles. The number of hydrogen-bond donors (Lipinski definition) is 0. The fourth-order valence-electron chi connectivity index (χ4n) is 2.25. The summed E-state index contributed by atoms with van der Waals surface area (Å²) in [4.78, 5) is 27.1. The average molecular weight is 357 g/mol. The first kappa shape index (κ1) is 17.6. The highest BCUT2D eigenvalue weighted by Gasteiger charge is 2.23. The van der Waals surface area contributed by atoms with Crippen LogP contribution in [0.25, 0.3) is 6.08 Å². The summed E-state index contributed by atoms with van der Waals surface area (Å²) < 4.78 is 4.95. The number of piperazine rings is 1. The van der Waals surface area contributed by atoms with Gasteiger partial charge in [-0.25, -0.2) is 4.79 Å². The lowest BCUT2D eigenvalue weighted by atomic mass is 10.2. The molecule has 1 aromatic carbocycles. The molecule has 1 aromatic rings. The summed E-state index contributed by atoms with van der Waals surface area (Å²) in [5, 5.41) is 0.988. The number of ether oxygens (including phenoxy) is 1. The Bertz CT molecular complexity index is 591. The first-order chi connectivity index (χ1) is 11.0. The third-order valence-corrected chi connectivity index (χ3v) is 4.17. The topological polar surface area (TPSA) is 49.9 Å². The fraction of sp³-hybridized carbons (Fsp3) is 0.375. The predicted molar refractivity (Wildman–Crippen MR) is 90.7 cm³/mol. The summed E-state index contributed by atoms with van der Waals surface area (Å²) in [7, 11) is 0. The van der Waals surface area contributed by atoms with Crippen molar-refractivity contribution >= 4 is 41.3 Å². The van der Waals surface area contributed by atoms with E-state index in [9.17, 15) is 9.59 Å². The average Bonchev–Trinajstić information content (AvgIpc) is 2.54. The minimum atomic E-state index is -0.335. The summed E-state index contributed by atoms with van der Waals surface area (Å²) in [6, 6.07) is 5.18. The second kappa shape index (κ2) is 8.22. The van der Waals surface area contributed by atoms with Gasteiger partial charge in [0.2, 0.25) is 5.91 Å². The Morgan fingerprint density at radius 2 is 1.70 bits per heavy atom. The molecule has 124 valence electrons. The Hall–Kier alpha value is -1.72. The van der Waals surface area contributed by atoms with Gasteiger partial charge in [0.1, 0.15) is 0 Å². The summed E-state index contributed by atoms with van der Waals surface area (Å²) in [6.45, 7) is 3.98. The maximum absolute atomic E-state index is 12.2. The molecule has 0 bridgehead atoms. The molecule has 0 atom stereocenters. The number of carbonyl (C=O) groups is 2. The third-order valence-electron chi connectivity index (χ3n) is 3.51. The molecule has 2 amide bonds. The molecule has 5 nitrogen and oxygen atoms in total. The second-order valence-corrected chi connectivity index (χ2v) is 5.79. The van der Waals surface area contributed by atoms with E-state index in [-0.39, 0.29) is 12.0 Å². The van der Waals surface area contributed by atoms with Gasteiger partial charge in [-0.05, 0) is 25.1 Å². The van der Waals surface area contributed by atoms with Gasteiger partial charge in [0.15, 0.2) is 0 Å². The minimum absolute atomic E-state index is 0.135. The van der Waals surface area contributed by atoms with Gasteiger partial charge in [-0.1, -0.05) is 29.3 Å². The van der Waals surface area contributed by atoms with E-state index in [4.69, 9.17) is 27.9 Å². The number of hydrogen-bond acceptors (Lipinski definition) is 3. The van der Waals surface area contributed by atoms with Crippen LogP contribution in [0, 0.1) is 0 Å². The monoisotopic (exact) mass is 356 g/mol. The predicted octanol–water partition coefficient (Wildman–Crippen LogP) is 3.31. The summed E-state index contributed by atoms with van der Waals surface area (Å²) >= 11 is 12.1. The van der Waals surface area contributed by atoms with Gasteiger partial charge in [-0.15, -0.1) is 0 Å². The molecule has 1 aliphatic heterocycles. The maximum atomic E-state index is 12.2. The van der Waals surface area contributed by atoms with E-state index in [0.717, 1.165) is 0 Å². The van der Waals surface area contributed by atoms with Crippen LogP contribution in [-0.4, -0.2) is 54.6 Å². The number of carbonyl (C=O) groups excluding carboxylic acids is 2. The summed E-state index contributed by atoms with van der Waals surface area (Å²) in [5.74, 6) is -0.135. The van der Waals surface area contributed by atoms with Crippen LogP contribution < -0.4 is 0 Å². The Morgan fingerprint density at radius 3 is 2.26 bits per heavy atom. The number of nitrogens with zero attached hydrogens (tertiary/aromatic N) is 2. The largest absolute Gasteiger partial charge is 0.450 e. The first-order valence-corrected chi connectivity index (χ1v) is 8.11. The Kier molecular flexibility index (Phi) is 6.30. The van der Waals surface area contributed by atoms with Gasteiger partial charge in [0, 0.05) is 47.9 Å². The normalized spacial score (nSPS) is 15.1. The van der Waals surface area contributed by atoms with Gasteiger partial charge in [-0.3, -0.25) is 4.79 Å². The van der Waals surface area contributed by atoms with Crippen molar-refractivity contribution in [1.82, 2.24) is 9.80 Å². The lowest BCUT2D eigenvalue weighted by Crippen LogP contribution is -2.50. The molecule has 0 aromatic heterocycles. The van der Waals surface area contributed by atoms with Crippen LogP contribution in [0.15, 0.2) is 24.3 Å². The third kappa shape index (κ3) is 4.62. The molecule has 23 heavy (non-hydrogen) atoms. The lowest BCUT2D eigenvalue weighted by Gasteiger charge is -2.33. The Morgan fingerprint density at radius 1 is 1.13 bits per heavy atom. The molecule has 0 aliphatic carbocycles. The molecule has 2 rings (SSSR count). The molecule has 0 unspecified atom stereocenters. The van der Waals surface area contributed by atoms with Crippen LogP contribution in [0.4, 0.5) is 4.79 Å². The number of benzene rings is 1. The van der Waals surface area contributed by atoms with Crippen molar-refractivity contribution in [2.24, 2.45) is 0 Å². The molecule has 1 fully saturated rings. The zero-order valence-electron chi connectivity index (χ0n) is 12.8. The maximum Gasteiger partial charge on any atom is 0.409 e. The van der Waals surface area contributed by atoms with E-state index in [1.54, 1.807) is 41.0 Å². The molecule has 0 spiro atoms. The van der Waals surface area contributed by atoms with E-state index >= 15 is 0 Å². The van der Waals surface area contributed by atoms with Crippen LogP contribution in [0.1, 0.15) is 12.5 Å². The highest BCUT2D eigenvalue weighted by molar-refractivity contribution is 6.37. The zero-order chi connectivity index (χ0) is 16.8. The standard InChI is InChI=1S/C16H18Cl2N2O3/c1-2-23-16(22)20-10-8-19(9-11-20)15(21)7-6-12-13(17)4-3-5-14(12)18/h3-7H,2,8-11H2,1H3/b7-6+. The van der Waals surface area contributed by atoms with Crippen LogP contribution in [0.2, 0.25) is 10.0 Å². The van der Waals surface area contributed by atoms with E-state index in [1.165, 1.54) is 6.08 Å². The van der Waals surface area contributed by atoms with Crippen molar-refractivity contribution in [3.8, 4) is 0 Å². The van der Waals surface area contributed by atoms with Crippen LogP contribution >= 0.6 is 23.2 Å². The molecule has 1 saturated heterocycles. The highest BCUT2D eigenvalue weighted by atomic mass is 35.5. The van der Waals surface area contributed by atoms with Crippen molar-refractivity contribution in [2.75, 3.05) is 32.8 Å². The Labute approximate surface area is 145 Å². The molecule has 7 heteroatoms. The van der Waals surface area contributed by atoms with Gasteiger partial charge >= 0.3 is 6.09 Å². The summed E-state index contributed by atoms with van der Waals surface area (Å²) in [5.41, 5.74) is 0.620. The van der Waals surface area contributed by atoms with Gasteiger partial charge in [-0.2, -0.15) is 0 Å². The SMILES string of the molecule is CCOC(=O)N1CCN(C(=O)/C=C/c2c(Cl)cccc2Cl)CC1. The molecule has 0 radical (unpaired) electrons. The molecule has 1 aliphatic rings. The van der Waals surface area contributed by atoms with Crippen molar-refractivity contribution in [3.05, 3.63) is 39.9 Å². The van der Waals surface area contributed by atoms with Crippen LogP contribution in [-0.2, 0) is 9.53 Å². The number of halogens is 2. The van der Waals surface area contributed by atoms with E-state index in [1.807, 2.05) is 0 Å². The lowest BCUT2D eigenvalue weighted by molar-refractivity contribution is -0.127. The van der Waals surface area contributed by atoms with Crippen molar-refractivity contribution in [1.29, 1.82) is 0 Å². The van der Waals surface area contributed by atoms with Crippen LogP contribution in [0.3, 0.4) is 0 Å². The number of amides is 2. The van der Waals surface area contributed by atoms with E-state index in [2.05, 4.69) is 0 Å². The molecule has 0 saturated carbocycles. The van der Waals surface area contributed by atoms with Gasteiger partial charge in [0.25, 0.3) is 0 Å². The van der Waals surface area contributed by atoms with Crippen molar-refractivity contribution in [3.63, 3.8) is 0 Å². The fourth-order valence-corrected chi connectivity index (χ4v) is 2.78. The van der Waals surface area contributed by atoms with E-state index in [0.29, 0.717) is 48.4 Å². The molecule has 0 N–H and O–H groups in total. The smallest absolute Gasteiger partial charge is 0.409 e. The Balaban J connectivity index is 1.93. The quantitative estimate of drug-likeness (QED) is 0.780. The number of rotatable bonds is 3.